The largest absolute Gasteiger partial charge is 0.496 e. The molecule has 1 saturated carbocycles. The van der Waals surface area contributed by atoms with Crippen LogP contribution < -0.4 is 4.74 Å². The monoisotopic (exact) mass is 340 g/mol. The summed E-state index contributed by atoms with van der Waals surface area (Å²) >= 11 is 3.51. The van der Waals surface area contributed by atoms with Crippen LogP contribution in [0.1, 0.15) is 51.0 Å². The number of hydrogen-bond acceptors (Lipinski definition) is 2. The number of rotatable bonds is 4. The molecule has 1 aliphatic rings. The zero-order valence-corrected chi connectivity index (χ0v) is 14.1. The lowest BCUT2D eigenvalue weighted by atomic mass is 9.86. The maximum absolute atomic E-state index is 11.0. The van der Waals surface area contributed by atoms with Gasteiger partial charge in [-0.3, -0.25) is 0 Å². The Balaban J connectivity index is 2.13. The van der Waals surface area contributed by atoms with Gasteiger partial charge in [-0.05, 0) is 48.9 Å². The molecule has 3 heteroatoms. The maximum atomic E-state index is 11.0. The van der Waals surface area contributed by atoms with Crippen molar-refractivity contribution in [1.29, 1.82) is 0 Å². The van der Waals surface area contributed by atoms with Crippen molar-refractivity contribution < 1.29 is 9.84 Å². The average molecular weight is 341 g/mol. The smallest absolute Gasteiger partial charge is 0.122 e. The van der Waals surface area contributed by atoms with Crippen LogP contribution in [0.5, 0.6) is 5.75 Å². The van der Waals surface area contributed by atoms with Gasteiger partial charge in [0.05, 0.1) is 12.7 Å². The van der Waals surface area contributed by atoms with Gasteiger partial charge >= 0.3 is 0 Å². The summed E-state index contributed by atoms with van der Waals surface area (Å²) in [7, 11) is 1.69. The lowest BCUT2D eigenvalue weighted by Crippen LogP contribution is -2.31. The van der Waals surface area contributed by atoms with E-state index in [9.17, 15) is 5.11 Å². The molecule has 20 heavy (non-hydrogen) atoms. The number of ether oxygens (including phenoxy) is 1. The van der Waals surface area contributed by atoms with E-state index in [1.165, 1.54) is 12.8 Å². The van der Waals surface area contributed by atoms with E-state index in [4.69, 9.17) is 4.74 Å². The molecular weight excluding hydrogens is 316 g/mol. The van der Waals surface area contributed by atoms with Crippen LogP contribution in [0.4, 0.5) is 0 Å². The highest BCUT2D eigenvalue weighted by atomic mass is 79.9. The first kappa shape index (κ1) is 15.8. The van der Waals surface area contributed by atoms with Crippen LogP contribution in [0.25, 0.3) is 0 Å². The van der Waals surface area contributed by atoms with Crippen LogP contribution in [0.15, 0.2) is 22.7 Å². The Morgan fingerprint density at radius 1 is 1.35 bits per heavy atom. The molecule has 1 fully saturated rings. The molecule has 0 radical (unpaired) electrons. The summed E-state index contributed by atoms with van der Waals surface area (Å²) < 4.78 is 6.47. The molecule has 0 heterocycles. The molecule has 0 aromatic heterocycles. The molecule has 1 aliphatic carbocycles. The summed E-state index contributed by atoms with van der Waals surface area (Å²) in [5.74, 6) is 1.66. The van der Waals surface area contributed by atoms with Crippen LogP contribution in [-0.2, 0) is 6.42 Å². The summed E-state index contributed by atoms with van der Waals surface area (Å²) in [4.78, 5) is 0. The third-order valence-electron chi connectivity index (χ3n) is 4.61. The van der Waals surface area contributed by atoms with Gasteiger partial charge in [0.25, 0.3) is 0 Å². The summed E-state index contributed by atoms with van der Waals surface area (Å²) in [6.45, 7) is 2.26. The minimum atomic E-state index is -0.571. The van der Waals surface area contributed by atoms with Crippen molar-refractivity contribution in [2.24, 2.45) is 5.92 Å². The third-order valence-corrected chi connectivity index (χ3v) is 5.11. The fourth-order valence-electron chi connectivity index (χ4n) is 3.29. The minimum Gasteiger partial charge on any atom is -0.496 e. The summed E-state index contributed by atoms with van der Waals surface area (Å²) in [5, 5.41) is 11.0. The van der Waals surface area contributed by atoms with Crippen molar-refractivity contribution in [3.05, 3.63) is 28.2 Å². The van der Waals surface area contributed by atoms with Crippen molar-refractivity contribution in [3.63, 3.8) is 0 Å². The first-order valence-corrected chi connectivity index (χ1v) is 8.40. The molecule has 0 bridgehead atoms. The first-order valence-electron chi connectivity index (χ1n) is 7.61. The van der Waals surface area contributed by atoms with Crippen molar-refractivity contribution in [1.82, 2.24) is 0 Å². The molecule has 112 valence electrons. The van der Waals surface area contributed by atoms with Crippen molar-refractivity contribution >= 4 is 15.9 Å². The van der Waals surface area contributed by atoms with Crippen LogP contribution >= 0.6 is 15.9 Å². The van der Waals surface area contributed by atoms with Crippen molar-refractivity contribution in [2.45, 2.75) is 57.5 Å². The van der Waals surface area contributed by atoms with E-state index in [1.807, 2.05) is 12.1 Å². The molecule has 2 nitrogen and oxygen atoms in total. The highest BCUT2D eigenvalue weighted by Gasteiger charge is 2.31. The Hall–Kier alpha value is -0.540. The van der Waals surface area contributed by atoms with E-state index in [0.29, 0.717) is 6.42 Å². The molecular formula is C17H25BrO2. The van der Waals surface area contributed by atoms with Crippen LogP contribution in [0.2, 0.25) is 0 Å². The van der Waals surface area contributed by atoms with Gasteiger partial charge in [0.2, 0.25) is 0 Å². The lowest BCUT2D eigenvalue weighted by molar-refractivity contribution is 0.0236. The Labute approximate surface area is 130 Å². The fourth-order valence-corrected chi connectivity index (χ4v) is 3.70. The fraction of sp³-hybridized carbons (Fsp3) is 0.647. The Bertz CT molecular complexity index is 447. The van der Waals surface area contributed by atoms with Crippen LogP contribution in [-0.4, -0.2) is 17.8 Å². The molecule has 1 N–H and O–H groups in total. The van der Waals surface area contributed by atoms with Crippen LogP contribution in [0.3, 0.4) is 0 Å². The molecule has 1 aromatic carbocycles. The molecule has 0 saturated heterocycles. The molecule has 0 spiro atoms. The lowest BCUT2D eigenvalue weighted by Gasteiger charge is -2.27. The Kier molecular flexibility index (Phi) is 5.50. The summed E-state index contributed by atoms with van der Waals surface area (Å²) in [5.41, 5.74) is 0.525. The van der Waals surface area contributed by atoms with Crippen molar-refractivity contribution in [3.8, 4) is 5.75 Å². The zero-order valence-electron chi connectivity index (χ0n) is 12.5. The van der Waals surface area contributed by atoms with E-state index in [2.05, 4.69) is 28.9 Å². The van der Waals surface area contributed by atoms with E-state index in [1.54, 1.807) is 7.11 Å². The number of halogens is 1. The average Bonchev–Trinajstić information content (AvgIpc) is 2.61. The minimum absolute atomic E-state index is 0.571. The molecule has 0 amide bonds. The van der Waals surface area contributed by atoms with Gasteiger partial charge < -0.3 is 9.84 Å². The SMILES string of the molecule is CCC1CCCC(O)(Cc2cc(Br)ccc2OC)CC1. The van der Waals surface area contributed by atoms with Gasteiger partial charge in [-0.1, -0.05) is 42.1 Å². The summed E-state index contributed by atoms with van der Waals surface area (Å²) in [6, 6.07) is 6.01. The molecule has 1 aromatic rings. The second-order valence-electron chi connectivity index (χ2n) is 6.06. The number of hydrogen-bond donors (Lipinski definition) is 1. The van der Waals surface area contributed by atoms with Crippen LogP contribution in [0, 0.1) is 5.92 Å². The number of aliphatic hydroxyl groups is 1. The topological polar surface area (TPSA) is 29.5 Å². The van der Waals surface area contributed by atoms with Gasteiger partial charge in [0, 0.05) is 10.9 Å². The Morgan fingerprint density at radius 2 is 2.15 bits per heavy atom. The quantitative estimate of drug-likeness (QED) is 0.803. The van der Waals surface area contributed by atoms with Gasteiger partial charge in [-0.15, -0.1) is 0 Å². The van der Waals surface area contributed by atoms with Gasteiger partial charge in [-0.25, -0.2) is 0 Å². The third kappa shape index (κ3) is 3.98. The zero-order chi connectivity index (χ0) is 14.6. The molecule has 2 unspecified atom stereocenters. The van der Waals surface area contributed by atoms with Gasteiger partial charge in [-0.2, -0.15) is 0 Å². The standard InChI is InChI=1S/C17H25BrO2/c1-3-13-5-4-9-17(19,10-8-13)12-14-11-15(18)6-7-16(14)20-2/h6-7,11,13,19H,3-5,8-10,12H2,1-2H3. The normalized spacial score (nSPS) is 27.1. The van der Waals surface area contributed by atoms with Gasteiger partial charge in [0.15, 0.2) is 0 Å². The number of methoxy groups -OCH3 is 1. The molecule has 2 rings (SSSR count). The second-order valence-corrected chi connectivity index (χ2v) is 6.98. The maximum Gasteiger partial charge on any atom is 0.122 e. The highest BCUT2D eigenvalue weighted by Crippen LogP contribution is 2.36. The second kappa shape index (κ2) is 6.95. The Morgan fingerprint density at radius 3 is 2.85 bits per heavy atom. The van der Waals surface area contributed by atoms with E-state index < -0.39 is 5.60 Å². The number of benzene rings is 1. The predicted octanol–water partition coefficient (Wildman–Crippen LogP) is 4.72. The summed E-state index contributed by atoms with van der Waals surface area (Å²) in [6.07, 6.45) is 7.26. The molecule has 2 atom stereocenters. The van der Waals surface area contributed by atoms with E-state index in [0.717, 1.165) is 47.4 Å². The van der Waals surface area contributed by atoms with Crippen molar-refractivity contribution in [2.75, 3.05) is 7.11 Å². The molecule has 0 aliphatic heterocycles. The highest BCUT2D eigenvalue weighted by molar-refractivity contribution is 9.10. The van der Waals surface area contributed by atoms with E-state index >= 15 is 0 Å². The first-order chi connectivity index (χ1) is 9.56. The van der Waals surface area contributed by atoms with Gasteiger partial charge in [0.1, 0.15) is 5.75 Å². The predicted molar refractivity (Wildman–Crippen MR) is 86.2 cm³/mol. The van der Waals surface area contributed by atoms with E-state index in [-0.39, 0.29) is 0 Å².